The molecule has 67 heavy (non-hydrogen) atoms. The predicted molar refractivity (Wildman–Crippen MR) is 249 cm³/mol. The van der Waals surface area contributed by atoms with E-state index >= 15 is 0 Å². The molecule has 20 heteroatoms. The third-order valence-corrected chi connectivity index (χ3v) is 12.4. The predicted octanol–water partition coefficient (Wildman–Crippen LogP) is 0.258. The van der Waals surface area contributed by atoms with Crippen LogP contribution < -0.4 is 49.1 Å². The first kappa shape index (κ1) is 47.2. The Morgan fingerprint density at radius 2 is 1.36 bits per heavy atom. The quantitative estimate of drug-likeness (QED) is 0.0488. The van der Waals surface area contributed by atoms with Gasteiger partial charge in [-0.15, -0.1) is 0 Å². The molecule has 1 saturated heterocycles. The smallest absolute Gasteiger partial charge is 0.246 e. The summed E-state index contributed by atoms with van der Waals surface area (Å²) in [5, 5.41) is 19.4. The molecule has 7 amide bonds. The van der Waals surface area contributed by atoms with Crippen LogP contribution in [0.5, 0.6) is 0 Å². The fourth-order valence-electron chi connectivity index (χ4n) is 8.81. The Hall–Kier alpha value is -7.77. The molecule has 1 spiro atoms. The normalized spacial score (nSPS) is 22.2. The van der Waals surface area contributed by atoms with E-state index in [1.54, 1.807) is 6.20 Å². The zero-order valence-electron chi connectivity index (χ0n) is 36.9. The number of carbonyl (C=O) groups excluding carboxylic acids is 7. The maximum Gasteiger partial charge on any atom is 0.246 e. The molecule has 5 aromatic rings. The molecule has 1 saturated carbocycles. The Kier molecular flexibility index (Phi) is 15.1. The summed E-state index contributed by atoms with van der Waals surface area (Å²) in [5.41, 5.74) is 18.0. The van der Waals surface area contributed by atoms with Gasteiger partial charge < -0.3 is 59.1 Å². The minimum atomic E-state index is -1.56. The lowest BCUT2D eigenvalue weighted by atomic mass is 9.80. The number of rotatable bonds is 11. The molecular weight excluding hydrogens is 859 g/mol. The van der Waals surface area contributed by atoms with Gasteiger partial charge in [-0.1, -0.05) is 79.9 Å². The van der Waals surface area contributed by atoms with Gasteiger partial charge in [-0.25, -0.2) is 4.98 Å². The molecule has 0 radical (unpaired) electrons. The molecule has 2 aliphatic rings. The number of hydrogen-bond acceptors (Lipinski definition) is 9. The lowest BCUT2D eigenvalue weighted by Crippen LogP contribution is -2.64. The largest absolute Gasteiger partial charge is 0.370 e. The number of H-pyrrole nitrogens is 2. The molecular formula is C47H57N13O7. The first-order valence-electron chi connectivity index (χ1n) is 22.4. The third-order valence-electron chi connectivity index (χ3n) is 12.4. The van der Waals surface area contributed by atoms with E-state index < -0.39 is 83.5 Å². The van der Waals surface area contributed by atoms with Gasteiger partial charge in [-0.3, -0.25) is 38.6 Å². The van der Waals surface area contributed by atoms with E-state index in [0.29, 0.717) is 29.7 Å². The number of aromatic amines is 2. The van der Waals surface area contributed by atoms with Gasteiger partial charge in [-0.05, 0) is 53.6 Å². The van der Waals surface area contributed by atoms with Crippen LogP contribution in [-0.2, 0) is 52.8 Å². The van der Waals surface area contributed by atoms with E-state index in [1.165, 1.54) is 12.5 Å². The second-order valence-electron chi connectivity index (χ2n) is 17.2. The SMILES string of the molecule is NC(=O)[C@@H]1CC(=O)NC2(CCCCC2)C(=O)N[C@@H](Cc2cnc[nH]2)C(=O)N[C@H](Cc2ccc3ccccc3c2)C(=O)N[C@@H](CCCN=C(N)N)C(=O)N[C@@H](Cc2c[nH]c3ccccc23)C(=O)N1. The Bertz CT molecular complexity index is 2640. The number of fused-ring (bicyclic) bond motifs is 2. The van der Waals surface area contributed by atoms with Crippen LogP contribution in [0.3, 0.4) is 0 Å². The number of hydrogen-bond donors (Lipinski definition) is 11. The van der Waals surface area contributed by atoms with Gasteiger partial charge in [0.25, 0.3) is 0 Å². The first-order valence-corrected chi connectivity index (χ1v) is 22.4. The number of aromatic nitrogens is 3. The van der Waals surface area contributed by atoms with Crippen molar-refractivity contribution in [3.63, 3.8) is 0 Å². The minimum absolute atomic E-state index is 0.0168. The van der Waals surface area contributed by atoms with Crippen LogP contribution in [0.2, 0.25) is 0 Å². The van der Waals surface area contributed by atoms with E-state index in [0.717, 1.165) is 28.1 Å². The monoisotopic (exact) mass is 915 g/mol. The molecule has 3 heterocycles. The van der Waals surface area contributed by atoms with Crippen LogP contribution >= 0.6 is 0 Å². The third kappa shape index (κ3) is 12.1. The summed E-state index contributed by atoms with van der Waals surface area (Å²) in [5.74, 6) is -5.69. The molecule has 0 unspecified atom stereocenters. The zero-order chi connectivity index (χ0) is 47.5. The number of benzene rings is 3. The number of guanidine groups is 1. The van der Waals surface area contributed by atoms with Gasteiger partial charge in [0.2, 0.25) is 41.4 Å². The lowest BCUT2D eigenvalue weighted by molar-refractivity contribution is -0.138. The molecule has 7 rings (SSSR count). The Morgan fingerprint density at radius 1 is 0.701 bits per heavy atom. The van der Waals surface area contributed by atoms with Crippen LogP contribution in [0, 0.1) is 0 Å². The van der Waals surface area contributed by atoms with E-state index in [1.807, 2.05) is 66.7 Å². The second kappa shape index (κ2) is 21.5. The summed E-state index contributed by atoms with van der Waals surface area (Å²) in [6.45, 7) is 0.0946. The van der Waals surface area contributed by atoms with E-state index in [4.69, 9.17) is 17.2 Å². The molecule has 5 atom stereocenters. The number of amides is 7. The van der Waals surface area contributed by atoms with Gasteiger partial charge in [0, 0.05) is 54.8 Å². The highest BCUT2D eigenvalue weighted by molar-refractivity contribution is 6.00. The maximum atomic E-state index is 14.7. The van der Waals surface area contributed by atoms with E-state index in [9.17, 15) is 33.6 Å². The van der Waals surface area contributed by atoms with Crippen LogP contribution in [0.1, 0.15) is 68.2 Å². The van der Waals surface area contributed by atoms with E-state index in [2.05, 4.69) is 51.8 Å². The molecule has 2 aromatic heterocycles. The summed E-state index contributed by atoms with van der Waals surface area (Å²) in [4.78, 5) is 114. The number of carbonyl (C=O) groups is 7. The average molecular weight is 916 g/mol. The van der Waals surface area contributed by atoms with Crippen LogP contribution in [-0.4, -0.2) is 105 Å². The van der Waals surface area contributed by atoms with Crippen molar-refractivity contribution in [1.82, 2.24) is 46.9 Å². The van der Waals surface area contributed by atoms with Gasteiger partial charge in [0.15, 0.2) is 5.96 Å². The van der Waals surface area contributed by atoms with Crippen LogP contribution in [0.15, 0.2) is 90.4 Å². The van der Waals surface area contributed by atoms with Gasteiger partial charge in [-0.2, -0.15) is 0 Å². The van der Waals surface area contributed by atoms with Crippen molar-refractivity contribution in [1.29, 1.82) is 0 Å². The highest BCUT2D eigenvalue weighted by atomic mass is 16.2. The van der Waals surface area contributed by atoms with Crippen molar-refractivity contribution in [2.24, 2.45) is 22.2 Å². The van der Waals surface area contributed by atoms with Crippen LogP contribution in [0.4, 0.5) is 0 Å². The molecule has 14 N–H and O–H groups in total. The van der Waals surface area contributed by atoms with Gasteiger partial charge in [0.1, 0.15) is 35.7 Å². The Morgan fingerprint density at radius 3 is 2.07 bits per heavy atom. The first-order chi connectivity index (χ1) is 32.3. The highest BCUT2D eigenvalue weighted by Gasteiger charge is 2.43. The topological polar surface area (TPSA) is 327 Å². The number of primary amides is 1. The number of nitrogens with zero attached hydrogens (tertiary/aromatic N) is 2. The standard InChI is InChI=1S/C47H57N13O7/c48-40(62)35-23-39(61)60-47(16-6-1-7-17-47)45(67)59-38(22-31-25-51-26-54-31)44(66)57-36(20-27-14-15-28-9-2-3-10-29(28)19-27)42(64)55-34(13-8-18-52-46(49)50)41(63)58-37(43(65)56-35)21-30-24-53-33-12-5-4-11-32(30)33/h2-5,9-12,14-15,19,24-26,34-38,53H,1,6-8,13,16-18,20-23H2,(H2,48,62)(H,51,54)(H,55,64)(H,56,65)(H,57,66)(H,58,63)(H,59,67)(H,60,61)(H4,49,50,52)/t34-,35-,36+,37-,38-/m0/s1. The Labute approximate surface area is 385 Å². The summed E-state index contributed by atoms with van der Waals surface area (Å²) in [7, 11) is 0. The van der Waals surface area contributed by atoms with Crippen molar-refractivity contribution in [2.75, 3.05) is 6.54 Å². The molecule has 1 aliphatic heterocycles. The number of imidazole rings is 1. The van der Waals surface area contributed by atoms with Crippen molar-refractivity contribution in [2.45, 2.75) is 106 Å². The summed E-state index contributed by atoms with van der Waals surface area (Å²) in [6, 6.07) is 13.8. The minimum Gasteiger partial charge on any atom is -0.370 e. The highest BCUT2D eigenvalue weighted by Crippen LogP contribution is 2.29. The molecule has 0 bridgehead atoms. The fourth-order valence-corrected chi connectivity index (χ4v) is 8.81. The number of para-hydroxylation sites is 1. The Balaban J connectivity index is 1.29. The molecule has 352 valence electrons. The average Bonchev–Trinajstić information content (AvgIpc) is 3.99. The van der Waals surface area contributed by atoms with Crippen molar-refractivity contribution < 1.29 is 33.6 Å². The van der Waals surface area contributed by atoms with Crippen molar-refractivity contribution >= 4 is 69.0 Å². The zero-order valence-corrected chi connectivity index (χ0v) is 36.9. The molecule has 1 aliphatic carbocycles. The summed E-state index contributed by atoms with van der Waals surface area (Å²) >= 11 is 0. The maximum absolute atomic E-state index is 14.7. The summed E-state index contributed by atoms with van der Waals surface area (Å²) in [6.07, 6.45) is 6.33. The molecule has 2 fully saturated rings. The number of aliphatic imine (C=N–C) groups is 1. The lowest BCUT2D eigenvalue weighted by Gasteiger charge is -2.38. The van der Waals surface area contributed by atoms with Crippen LogP contribution in [0.25, 0.3) is 21.7 Å². The fraction of sp³-hybridized carbons (Fsp3) is 0.383. The van der Waals surface area contributed by atoms with Crippen molar-refractivity contribution in [3.8, 4) is 0 Å². The second-order valence-corrected chi connectivity index (χ2v) is 17.2. The van der Waals surface area contributed by atoms with E-state index in [-0.39, 0.29) is 57.5 Å². The molecule has 3 aromatic carbocycles. The molecule has 20 nitrogen and oxygen atoms in total. The van der Waals surface area contributed by atoms with Gasteiger partial charge >= 0.3 is 0 Å². The number of nitrogens with two attached hydrogens (primary N) is 3. The number of nitrogens with one attached hydrogen (secondary N) is 8. The summed E-state index contributed by atoms with van der Waals surface area (Å²) < 4.78 is 0. The van der Waals surface area contributed by atoms with Gasteiger partial charge in [0.05, 0.1) is 12.7 Å². The van der Waals surface area contributed by atoms with Crippen molar-refractivity contribution in [3.05, 3.63) is 102 Å².